The first-order valence-electron chi connectivity index (χ1n) is 9.60. The number of nitrogens with one attached hydrogen (secondary N) is 1. The van der Waals surface area contributed by atoms with Gasteiger partial charge in [-0.2, -0.15) is 5.26 Å². The van der Waals surface area contributed by atoms with Crippen LogP contribution >= 0.6 is 11.8 Å². The van der Waals surface area contributed by atoms with Crippen molar-refractivity contribution < 1.29 is 18.3 Å². The van der Waals surface area contributed by atoms with Crippen LogP contribution in [0.3, 0.4) is 0 Å². The van der Waals surface area contributed by atoms with E-state index < -0.39 is 36.0 Å². The van der Waals surface area contributed by atoms with E-state index >= 15 is 4.39 Å². The Labute approximate surface area is 181 Å². The van der Waals surface area contributed by atoms with Crippen LogP contribution in [0.25, 0.3) is 0 Å². The number of carbonyl (C=O) groups excluding carboxylic acids is 1. The van der Waals surface area contributed by atoms with Crippen molar-refractivity contribution in [1.82, 2.24) is 4.98 Å². The molecule has 0 bridgehead atoms. The molecule has 1 aromatic carbocycles. The highest BCUT2D eigenvalue weighted by atomic mass is 32.2. The first-order valence-corrected chi connectivity index (χ1v) is 10.6. The van der Waals surface area contributed by atoms with Crippen molar-refractivity contribution in [3.8, 4) is 6.07 Å². The zero-order valence-corrected chi connectivity index (χ0v) is 17.2. The topological polar surface area (TPSA) is 113 Å². The van der Waals surface area contributed by atoms with Crippen molar-refractivity contribution in [2.24, 2.45) is 16.6 Å². The molecule has 4 rings (SSSR count). The predicted molar refractivity (Wildman–Crippen MR) is 113 cm³/mol. The Kier molecular flexibility index (Phi) is 5.89. The lowest BCUT2D eigenvalue weighted by molar-refractivity contribution is -0.0714. The Balaban J connectivity index is 1.69. The van der Waals surface area contributed by atoms with Gasteiger partial charge in [0.25, 0.3) is 5.91 Å². The minimum absolute atomic E-state index is 0.112. The number of nitrogens with two attached hydrogens (primary N) is 1. The van der Waals surface area contributed by atoms with Gasteiger partial charge in [0.1, 0.15) is 24.3 Å². The molecule has 160 valence electrons. The molecule has 3 heterocycles. The van der Waals surface area contributed by atoms with E-state index in [1.54, 1.807) is 0 Å². The van der Waals surface area contributed by atoms with Crippen LogP contribution < -0.4 is 11.1 Å². The second-order valence-corrected chi connectivity index (χ2v) is 8.34. The van der Waals surface area contributed by atoms with E-state index in [9.17, 15) is 9.18 Å². The Hall–Kier alpha value is -3.03. The lowest BCUT2D eigenvalue weighted by Crippen LogP contribution is -2.52. The van der Waals surface area contributed by atoms with Crippen LogP contribution in [0.15, 0.2) is 41.5 Å². The number of aliphatic imine (C=N–C) groups is 1. The Bertz CT molecular complexity index is 1070. The summed E-state index contributed by atoms with van der Waals surface area (Å²) in [7, 11) is 0. The molecule has 2 aliphatic heterocycles. The highest BCUT2D eigenvalue weighted by Crippen LogP contribution is 2.48. The van der Waals surface area contributed by atoms with Crippen LogP contribution in [-0.2, 0) is 10.3 Å². The van der Waals surface area contributed by atoms with Crippen LogP contribution in [0.1, 0.15) is 28.0 Å². The lowest BCUT2D eigenvalue weighted by Gasteiger charge is -2.47. The number of thioether (sulfide) groups is 1. The molecule has 1 amide bonds. The van der Waals surface area contributed by atoms with Crippen LogP contribution in [0, 0.1) is 23.1 Å². The number of amides is 1. The van der Waals surface area contributed by atoms with Crippen LogP contribution in [0.4, 0.5) is 14.5 Å². The molecule has 1 saturated heterocycles. The molecule has 3 unspecified atom stereocenters. The van der Waals surface area contributed by atoms with Crippen molar-refractivity contribution in [3.63, 3.8) is 0 Å². The van der Waals surface area contributed by atoms with Gasteiger partial charge < -0.3 is 15.8 Å². The van der Waals surface area contributed by atoms with E-state index in [0.29, 0.717) is 28.6 Å². The highest BCUT2D eigenvalue weighted by Gasteiger charge is 2.51. The zero-order valence-electron chi connectivity index (χ0n) is 16.3. The van der Waals surface area contributed by atoms with Crippen molar-refractivity contribution in [3.05, 3.63) is 59.2 Å². The van der Waals surface area contributed by atoms with Gasteiger partial charge in [-0.15, -0.1) is 0 Å². The average molecular weight is 443 g/mol. The van der Waals surface area contributed by atoms with Crippen LogP contribution in [0.2, 0.25) is 0 Å². The molecule has 7 nitrogen and oxygen atoms in total. The highest BCUT2D eigenvalue weighted by molar-refractivity contribution is 8.13. The number of rotatable bonds is 4. The third-order valence-corrected chi connectivity index (χ3v) is 6.48. The molecule has 2 aliphatic rings. The molecule has 10 heteroatoms. The van der Waals surface area contributed by atoms with Gasteiger partial charge in [0.2, 0.25) is 0 Å². The average Bonchev–Trinajstić information content (AvgIpc) is 2.79. The minimum Gasteiger partial charge on any atom is -0.379 e. The number of nitriles is 1. The fraction of sp³-hybridized carbons (Fsp3) is 0.333. The number of nitrogens with zero attached hydrogens (tertiary/aromatic N) is 3. The summed E-state index contributed by atoms with van der Waals surface area (Å²) in [6.45, 7) is -0.484. The summed E-state index contributed by atoms with van der Waals surface area (Å²) in [5, 5.41) is 11.9. The molecule has 2 aromatic rings. The quantitative estimate of drug-likeness (QED) is 0.751. The third-order valence-electron chi connectivity index (χ3n) is 5.57. The third kappa shape index (κ3) is 3.98. The minimum atomic E-state index is -1.07. The first kappa shape index (κ1) is 21.2. The molecule has 0 saturated carbocycles. The van der Waals surface area contributed by atoms with Gasteiger partial charge in [-0.25, -0.2) is 13.8 Å². The van der Waals surface area contributed by atoms with Crippen molar-refractivity contribution in [1.29, 1.82) is 5.26 Å². The van der Waals surface area contributed by atoms with Gasteiger partial charge in [0.15, 0.2) is 5.17 Å². The molecule has 0 radical (unpaired) electrons. The Morgan fingerprint density at radius 1 is 1.42 bits per heavy atom. The van der Waals surface area contributed by atoms with Gasteiger partial charge in [-0.3, -0.25) is 9.79 Å². The zero-order chi connectivity index (χ0) is 22.0. The van der Waals surface area contributed by atoms with Crippen LogP contribution in [0.5, 0.6) is 0 Å². The Morgan fingerprint density at radius 3 is 2.97 bits per heavy atom. The number of alkyl halides is 1. The fourth-order valence-electron chi connectivity index (χ4n) is 4.03. The maximum atomic E-state index is 15.0. The fourth-order valence-corrected chi connectivity index (χ4v) is 5.10. The molecule has 0 aliphatic carbocycles. The summed E-state index contributed by atoms with van der Waals surface area (Å²) in [6, 6.07) is 9.04. The SMILES string of the molecule is N#Cc1ccc(C(=O)Nc2ccc(F)c(C34CCOC(CF)C3CSC(N)=N4)c2)nc1. The number of carbonyl (C=O) groups is 1. The monoisotopic (exact) mass is 443 g/mol. The molecule has 1 aromatic heterocycles. The van der Waals surface area contributed by atoms with E-state index in [2.05, 4.69) is 15.3 Å². The number of amidine groups is 1. The summed E-state index contributed by atoms with van der Waals surface area (Å²) >= 11 is 1.29. The van der Waals surface area contributed by atoms with E-state index in [4.69, 9.17) is 15.7 Å². The molecular formula is C21H19F2N5O2S. The number of ether oxygens (including phenoxy) is 1. The lowest BCUT2D eigenvalue weighted by atomic mass is 9.72. The molecule has 3 N–H and O–H groups in total. The number of halogens is 2. The van der Waals surface area contributed by atoms with Gasteiger partial charge in [-0.05, 0) is 30.3 Å². The van der Waals surface area contributed by atoms with Gasteiger partial charge >= 0.3 is 0 Å². The molecular weight excluding hydrogens is 424 g/mol. The standard InChI is InChI=1S/C21H19F2N5O2S/c22-8-18-15-11-31-20(25)28-21(15,5-6-30-18)14-7-13(2-3-16(14)23)27-19(29)17-4-1-12(9-24)10-26-17/h1-4,7,10,15,18H,5-6,8,11H2,(H2,25,28)(H,27,29). The second-order valence-electron chi connectivity index (χ2n) is 7.30. The molecule has 0 spiro atoms. The number of aromatic nitrogens is 1. The maximum Gasteiger partial charge on any atom is 0.274 e. The van der Waals surface area contributed by atoms with E-state index in [1.807, 2.05) is 6.07 Å². The molecule has 1 fully saturated rings. The normalized spacial score (nSPS) is 25.1. The predicted octanol–water partition coefficient (Wildman–Crippen LogP) is 2.98. The van der Waals surface area contributed by atoms with E-state index in [0.717, 1.165) is 0 Å². The second kappa shape index (κ2) is 8.61. The number of benzene rings is 1. The van der Waals surface area contributed by atoms with Crippen LogP contribution in [-0.4, -0.2) is 41.2 Å². The summed E-state index contributed by atoms with van der Waals surface area (Å²) in [4.78, 5) is 21.1. The van der Waals surface area contributed by atoms with E-state index in [-0.39, 0.29) is 17.9 Å². The van der Waals surface area contributed by atoms with Crippen molar-refractivity contribution in [2.75, 3.05) is 24.4 Å². The number of anilines is 1. The van der Waals surface area contributed by atoms with E-state index in [1.165, 1.54) is 48.3 Å². The van der Waals surface area contributed by atoms with Gasteiger partial charge in [0, 0.05) is 42.1 Å². The number of hydrogen-bond donors (Lipinski definition) is 2. The maximum absolute atomic E-state index is 15.0. The van der Waals surface area contributed by atoms with Gasteiger partial charge in [-0.1, -0.05) is 11.8 Å². The summed E-state index contributed by atoms with van der Waals surface area (Å²) in [5.41, 5.74) is 5.94. The number of fused-ring (bicyclic) bond motifs is 1. The Morgan fingerprint density at radius 2 is 2.26 bits per heavy atom. The smallest absolute Gasteiger partial charge is 0.274 e. The molecule has 31 heavy (non-hydrogen) atoms. The summed E-state index contributed by atoms with van der Waals surface area (Å²) in [6.07, 6.45) is 0.935. The van der Waals surface area contributed by atoms with Crippen molar-refractivity contribution >= 4 is 28.5 Å². The number of pyridine rings is 1. The number of hydrogen-bond acceptors (Lipinski definition) is 7. The van der Waals surface area contributed by atoms with Gasteiger partial charge in [0.05, 0.1) is 17.2 Å². The molecule has 3 atom stereocenters. The van der Waals surface area contributed by atoms with Crippen molar-refractivity contribution in [2.45, 2.75) is 18.1 Å². The summed E-state index contributed by atoms with van der Waals surface area (Å²) in [5.74, 6) is -0.965. The first-order chi connectivity index (χ1) is 15.0. The summed E-state index contributed by atoms with van der Waals surface area (Å²) < 4.78 is 34.2. The largest absolute Gasteiger partial charge is 0.379 e.